The number of rotatable bonds is 6. The van der Waals surface area contributed by atoms with Crippen molar-refractivity contribution in [3.8, 4) is 5.69 Å². The van der Waals surface area contributed by atoms with Crippen molar-refractivity contribution >= 4 is 33.5 Å². The van der Waals surface area contributed by atoms with Gasteiger partial charge >= 0.3 is 5.97 Å². The van der Waals surface area contributed by atoms with Crippen LogP contribution >= 0.6 is 15.9 Å². The third-order valence-electron chi connectivity index (χ3n) is 4.47. The highest BCUT2D eigenvalue weighted by molar-refractivity contribution is 9.10. The van der Waals surface area contributed by atoms with Gasteiger partial charge in [-0.1, -0.05) is 34.1 Å². The predicted molar refractivity (Wildman–Crippen MR) is 109 cm³/mol. The molecule has 6 nitrogen and oxygen atoms in total. The second-order valence-corrected chi connectivity index (χ2v) is 7.64. The van der Waals surface area contributed by atoms with E-state index in [4.69, 9.17) is 4.74 Å². The molecule has 0 atom stereocenters. The van der Waals surface area contributed by atoms with Gasteiger partial charge in [-0.25, -0.2) is 13.9 Å². The van der Waals surface area contributed by atoms with Crippen LogP contribution in [0.2, 0.25) is 0 Å². The summed E-state index contributed by atoms with van der Waals surface area (Å²) in [5, 5.41) is 6.93. The Labute approximate surface area is 174 Å². The summed E-state index contributed by atoms with van der Waals surface area (Å²) in [4.78, 5) is 24.7. The second-order valence-electron chi connectivity index (χ2n) is 6.72. The Bertz CT molecular complexity index is 1060. The van der Waals surface area contributed by atoms with Crippen LogP contribution in [0.1, 0.15) is 34.9 Å². The number of amides is 1. The van der Waals surface area contributed by atoms with E-state index in [-0.39, 0.29) is 11.4 Å². The summed E-state index contributed by atoms with van der Waals surface area (Å²) in [6, 6.07) is 15.2. The number of nitrogens with zero attached hydrogens (tertiary/aromatic N) is 2. The molecule has 0 radical (unpaired) electrons. The molecule has 0 spiro atoms. The van der Waals surface area contributed by atoms with E-state index in [9.17, 15) is 14.0 Å². The average molecular weight is 458 g/mol. The quantitative estimate of drug-likeness (QED) is 0.555. The molecule has 1 aliphatic carbocycles. The van der Waals surface area contributed by atoms with Gasteiger partial charge in [0.2, 0.25) is 0 Å². The number of hydrogen-bond acceptors (Lipinski definition) is 4. The van der Waals surface area contributed by atoms with Gasteiger partial charge in [0.25, 0.3) is 5.91 Å². The Balaban J connectivity index is 1.46. The number of carbonyl (C=O) groups excluding carboxylic acids is 2. The molecule has 0 aliphatic heterocycles. The molecule has 1 aromatic heterocycles. The number of ether oxygens (including phenoxy) is 1. The van der Waals surface area contributed by atoms with Crippen LogP contribution in [-0.4, -0.2) is 28.3 Å². The fourth-order valence-electron chi connectivity index (χ4n) is 2.87. The monoisotopic (exact) mass is 457 g/mol. The second kappa shape index (κ2) is 8.16. The summed E-state index contributed by atoms with van der Waals surface area (Å²) in [7, 11) is 0. The third-order valence-corrected chi connectivity index (χ3v) is 4.97. The number of para-hydroxylation sites is 1. The number of anilines is 1. The molecule has 1 aliphatic rings. The molecule has 0 unspecified atom stereocenters. The standard InChI is InChI=1S/C21H17BrFN3O3/c22-14-8-9-17(16(23)10-14)24-20(27)12-29-21(28)19-11-18(13-6-7-13)25-26(19)15-4-2-1-3-5-15/h1-5,8-11,13H,6-7,12H2,(H,24,27). The van der Waals surface area contributed by atoms with Crippen LogP contribution in [0.25, 0.3) is 5.69 Å². The summed E-state index contributed by atoms with van der Waals surface area (Å²) in [6.45, 7) is -0.535. The van der Waals surface area contributed by atoms with E-state index >= 15 is 0 Å². The Kier molecular flexibility index (Phi) is 5.44. The molecule has 8 heteroatoms. The molecule has 1 amide bonds. The van der Waals surface area contributed by atoms with Crippen molar-refractivity contribution in [2.75, 3.05) is 11.9 Å². The van der Waals surface area contributed by atoms with Crippen LogP contribution in [0.4, 0.5) is 10.1 Å². The number of halogens is 2. The number of nitrogens with one attached hydrogen (secondary N) is 1. The number of esters is 1. The maximum absolute atomic E-state index is 13.8. The third kappa shape index (κ3) is 4.54. The molecular formula is C21H17BrFN3O3. The predicted octanol–water partition coefficient (Wildman–Crippen LogP) is 4.45. The van der Waals surface area contributed by atoms with Gasteiger partial charge in [0, 0.05) is 10.4 Å². The first-order valence-electron chi connectivity index (χ1n) is 9.08. The van der Waals surface area contributed by atoms with Gasteiger partial charge in [-0.05, 0) is 49.2 Å². The lowest BCUT2D eigenvalue weighted by molar-refractivity contribution is -0.119. The van der Waals surface area contributed by atoms with Gasteiger partial charge in [-0.15, -0.1) is 0 Å². The lowest BCUT2D eigenvalue weighted by atomic mass is 10.2. The Morgan fingerprint density at radius 3 is 2.62 bits per heavy atom. The van der Waals surface area contributed by atoms with Crippen molar-refractivity contribution in [3.63, 3.8) is 0 Å². The van der Waals surface area contributed by atoms with Crippen LogP contribution in [0.15, 0.2) is 59.1 Å². The van der Waals surface area contributed by atoms with E-state index in [0.29, 0.717) is 10.4 Å². The van der Waals surface area contributed by atoms with E-state index in [1.165, 1.54) is 16.8 Å². The van der Waals surface area contributed by atoms with Crippen molar-refractivity contribution in [1.82, 2.24) is 9.78 Å². The molecule has 1 fully saturated rings. The molecule has 1 N–H and O–H groups in total. The smallest absolute Gasteiger partial charge is 0.357 e. The Morgan fingerprint density at radius 1 is 1.17 bits per heavy atom. The number of aromatic nitrogens is 2. The van der Waals surface area contributed by atoms with Crippen LogP contribution in [-0.2, 0) is 9.53 Å². The van der Waals surface area contributed by atoms with Gasteiger partial charge < -0.3 is 10.1 Å². The van der Waals surface area contributed by atoms with E-state index in [1.54, 1.807) is 12.1 Å². The Hall–Kier alpha value is -3.00. The van der Waals surface area contributed by atoms with Crippen molar-refractivity contribution in [1.29, 1.82) is 0 Å². The van der Waals surface area contributed by atoms with Gasteiger partial charge in [0.05, 0.1) is 17.1 Å². The van der Waals surface area contributed by atoms with E-state index in [1.807, 2.05) is 30.3 Å². The highest BCUT2D eigenvalue weighted by Gasteiger charge is 2.29. The highest BCUT2D eigenvalue weighted by Crippen LogP contribution is 2.39. The molecule has 1 saturated carbocycles. The fraction of sp³-hybridized carbons (Fsp3) is 0.190. The SMILES string of the molecule is O=C(COC(=O)c1cc(C2CC2)nn1-c1ccccc1)Nc1ccc(Br)cc1F. The minimum atomic E-state index is -0.667. The van der Waals surface area contributed by atoms with Crippen LogP contribution in [0, 0.1) is 5.82 Å². The maximum atomic E-state index is 13.8. The van der Waals surface area contributed by atoms with Crippen molar-refractivity contribution < 1.29 is 18.7 Å². The zero-order valence-corrected chi connectivity index (χ0v) is 16.9. The normalized spacial score (nSPS) is 13.2. The van der Waals surface area contributed by atoms with Crippen molar-refractivity contribution in [2.24, 2.45) is 0 Å². The van der Waals surface area contributed by atoms with E-state index < -0.39 is 24.3 Å². The molecule has 1 heterocycles. The lowest BCUT2D eigenvalue weighted by Crippen LogP contribution is -2.22. The van der Waals surface area contributed by atoms with Gasteiger partial charge in [0.1, 0.15) is 5.82 Å². The van der Waals surface area contributed by atoms with Gasteiger partial charge in [-0.2, -0.15) is 5.10 Å². The highest BCUT2D eigenvalue weighted by atomic mass is 79.9. The van der Waals surface area contributed by atoms with Crippen molar-refractivity contribution in [3.05, 3.63) is 76.3 Å². The van der Waals surface area contributed by atoms with Gasteiger partial charge in [-0.3, -0.25) is 4.79 Å². The summed E-state index contributed by atoms with van der Waals surface area (Å²) >= 11 is 3.15. The fourth-order valence-corrected chi connectivity index (χ4v) is 3.20. The number of carbonyl (C=O) groups is 2. The number of benzene rings is 2. The van der Waals surface area contributed by atoms with E-state index in [2.05, 4.69) is 26.3 Å². The molecule has 0 bridgehead atoms. The van der Waals surface area contributed by atoms with Crippen LogP contribution in [0.3, 0.4) is 0 Å². The molecule has 148 valence electrons. The zero-order chi connectivity index (χ0) is 20.4. The minimum Gasteiger partial charge on any atom is -0.451 e. The van der Waals surface area contributed by atoms with Crippen LogP contribution in [0.5, 0.6) is 0 Å². The largest absolute Gasteiger partial charge is 0.451 e. The van der Waals surface area contributed by atoms with Gasteiger partial charge in [0.15, 0.2) is 12.3 Å². The summed E-state index contributed by atoms with van der Waals surface area (Å²) < 4.78 is 21.1. The van der Waals surface area contributed by atoms with E-state index in [0.717, 1.165) is 24.2 Å². The molecule has 4 rings (SSSR count). The summed E-state index contributed by atoms with van der Waals surface area (Å²) in [5.41, 5.74) is 1.83. The zero-order valence-electron chi connectivity index (χ0n) is 15.3. The average Bonchev–Trinajstić information content (AvgIpc) is 3.47. The minimum absolute atomic E-state index is 0.0135. The molecule has 29 heavy (non-hydrogen) atoms. The first kappa shape index (κ1) is 19.3. The van der Waals surface area contributed by atoms with Crippen molar-refractivity contribution in [2.45, 2.75) is 18.8 Å². The molecular weight excluding hydrogens is 441 g/mol. The molecule has 2 aromatic carbocycles. The maximum Gasteiger partial charge on any atom is 0.357 e. The topological polar surface area (TPSA) is 73.2 Å². The molecule has 0 saturated heterocycles. The lowest BCUT2D eigenvalue weighted by Gasteiger charge is -2.09. The summed E-state index contributed by atoms with van der Waals surface area (Å²) in [6.07, 6.45) is 2.09. The first-order valence-corrected chi connectivity index (χ1v) is 9.88. The Morgan fingerprint density at radius 2 is 1.93 bits per heavy atom. The summed E-state index contributed by atoms with van der Waals surface area (Å²) in [5.74, 6) is -1.53. The number of hydrogen-bond donors (Lipinski definition) is 1. The first-order chi connectivity index (χ1) is 14.0. The van der Waals surface area contributed by atoms with Crippen LogP contribution < -0.4 is 5.32 Å². The molecule has 3 aromatic rings.